The third kappa shape index (κ3) is 3.88. The van der Waals surface area contributed by atoms with E-state index >= 15 is 0 Å². The predicted octanol–water partition coefficient (Wildman–Crippen LogP) is 0.476. The van der Waals surface area contributed by atoms with Gasteiger partial charge in [0, 0.05) is 40.2 Å². The summed E-state index contributed by atoms with van der Waals surface area (Å²) < 4.78 is 0. The molecule has 0 bridgehead atoms. The normalized spacial score (nSPS) is 22.2. The first-order chi connectivity index (χ1) is 13.5. The number of benzene rings is 1. The number of rotatable bonds is 8. The first-order valence-electron chi connectivity index (χ1n) is 9.72. The van der Waals surface area contributed by atoms with Gasteiger partial charge in [0.25, 0.3) is 5.91 Å². The highest BCUT2D eigenvalue weighted by Gasteiger charge is 2.50. The number of carbonyl (C=O) groups excluding carboxylic acids is 2. The van der Waals surface area contributed by atoms with E-state index in [9.17, 15) is 14.7 Å². The van der Waals surface area contributed by atoms with Crippen molar-refractivity contribution in [2.75, 3.05) is 46.9 Å². The summed E-state index contributed by atoms with van der Waals surface area (Å²) in [5.74, 6) is 0.606. The standard InChI is InChI=1S/C20H29N5O3/c1-4-24(12-13-26)10-11-25-16(14-15-8-6-5-7-9-15)21-18-17(25)19(27)23(3)20(28)22(18)2/h5-9,17-18,26H,4,10-14H2,1-3H3. The van der Waals surface area contributed by atoms with Crippen LogP contribution in [0.5, 0.6) is 0 Å². The Balaban J connectivity index is 1.86. The van der Waals surface area contributed by atoms with Crippen LogP contribution in [0.3, 0.4) is 0 Å². The topological polar surface area (TPSA) is 79.7 Å². The van der Waals surface area contributed by atoms with E-state index in [1.165, 1.54) is 11.9 Å². The summed E-state index contributed by atoms with van der Waals surface area (Å²) in [7, 11) is 3.22. The van der Waals surface area contributed by atoms with Crippen LogP contribution >= 0.6 is 0 Å². The van der Waals surface area contributed by atoms with Crippen LogP contribution in [0.15, 0.2) is 35.3 Å². The lowest BCUT2D eigenvalue weighted by atomic mass is 10.1. The first-order valence-corrected chi connectivity index (χ1v) is 9.72. The van der Waals surface area contributed by atoms with Gasteiger partial charge < -0.3 is 14.9 Å². The Morgan fingerprint density at radius 3 is 2.50 bits per heavy atom. The highest BCUT2D eigenvalue weighted by Crippen LogP contribution is 2.28. The van der Waals surface area contributed by atoms with Crippen LogP contribution in [0.25, 0.3) is 0 Å². The van der Waals surface area contributed by atoms with Crippen LogP contribution in [0.4, 0.5) is 4.79 Å². The van der Waals surface area contributed by atoms with Gasteiger partial charge in [-0.05, 0) is 12.1 Å². The summed E-state index contributed by atoms with van der Waals surface area (Å²) in [5.41, 5.74) is 1.11. The third-order valence-electron chi connectivity index (χ3n) is 5.53. The Kier molecular flexibility index (Phi) is 6.31. The fraction of sp³-hybridized carbons (Fsp3) is 0.550. The maximum absolute atomic E-state index is 12.9. The Morgan fingerprint density at radius 1 is 1.14 bits per heavy atom. The number of amides is 3. The molecule has 8 heteroatoms. The van der Waals surface area contributed by atoms with E-state index in [2.05, 4.69) is 4.90 Å². The van der Waals surface area contributed by atoms with Gasteiger partial charge in [0.05, 0.1) is 6.61 Å². The minimum absolute atomic E-state index is 0.101. The number of aliphatic hydroxyl groups is 1. The summed E-state index contributed by atoms with van der Waals surface area (Å²) >= 11 is 0. The van der Waals surface area contributed by atoms with E-state index in [4.69, 9.17) is 4.99 Å². The van der Waals surface area contributed by atoms with E-state index in [1.807, 2.05) is 42.2 Å². The van der Waals surface area contributed by atoms with Gasteiger partial charge >= 0.3 is 6.03 Å². The van der Waals surface area contributed by atoms with Gasteiger partial charge in [0.1, 0.15) is 5.84 Å². The minimum atomic E-state index is -0.501. The minimum Gasteiger partial charge on any atom is -0.395 e. The molecule has 1 aromatic carbocycles. The molecule has 0 saturated carbocycles. The molecule has 1 aromatic rings. The second-order valence-corrected chi connectivity index (χ2v) is 7.21. The molecular formula is C20H29N5O3. The molecule has 3 amide bonds. The van der Waals surface area contributed by atoms with E-state index in [1.54, 1.807) is 11.9 Å². The van der Waals surface area contributed by atoms with E-state index in [-0.39, 0.29) is 18.5 Å². The van der Waals surface area contributed by atoms with Crippen LogP contribution in [0.1, 0.15) is 12.5 Å². The number of aliphatic imine (C=N–C) groups is 1. The molecule has 1 fully saturated rings. The fourth-order valence-corrected chi connectivity index (χ4v) is 3.83. The summed E-state index contributed by atoms with van der Waals surface area (Å²) in [4.78, 5) is 37.0. The summed E-state index contributed by atoms with van der Waals surface area (Å²) in [5, 5.41) is 9.25. The van der Waals surface area contributed by atoms with Crippen LogP contribution in [0, 0.1) is 0 Å². The maximum atomic E-state index is 12.9. The first kappa shape index (κ1) is 20.3. The molecule has 0 aliphatic carbocycles. The molecule has 2 aliphatic rings. The number of aliphatic hydroxyl groups excluding tert-OH is 1. The molecule has 0 spiro atoms. The van der Waals surface area contributed by atoms with Gasteiger partial charge in [-0.1, -0.05) is 37.3 Å². The number of likely N-dealkylation sites (N-methyl/N-ethyl adjacent to an activating group) is 3. The molecule has 1 N–H and O–H groups in total. The van der Waals surface area contributed by atoms with Gasteiger partial charge in [0.2, 0.25) is 0 Å². The number of urea groups is 1. The van der Waals surface area contributed by atoms with Gasteiger partial charge in [-0.15, -0.1) is 0 Å². The fourth-order valence-electron chi connectivity index (χ4n) is 3.83. The van der Waals surface area contributed by atoms with Gasteiger partial charge in [-0.3, -0.25) is 14.6 Å². The van der Waals surface area contributed by atoms with Gasteiger partial charge in [0.15, 0.2) is 12.2 Å². The SMILES string of the molecule is CCN(CCO)CCN1C(Cc2ccccc2)=NC2C1C(=O)N(C)C(=O)N2C. The predicted molar refractivity (Wildman–Crippen MR) is 107 cm³/mol. The third-order valence-corrected chi connectivity index (χ3v) is 5.53. The maximum Gasteiger partial charge on any atom is 0.328 e. The smallest absolute Gasteiger partial charge is 0.328 e. The number of imide groups is 1. The summed E-state index contributed by atoms with van der Waals surface area (Å²) in [6.45, 7) is 4.89. The molecule has 0 aromatic heterocycles. The Labute approximate surface area is 166 Å². The highest BCUT2D eigenvalue weighted by atomic mass is 16.3. The lowest BCUT2D eigenvalue weighted by Gasteiger charge is -2.40. The average molecular weight is 387 g/mol. The highest BCUT2D eigenvalue weighted by molar-refractivity contribution is 6.04. The van der Waals surface area contributed by atoms with Crippen molar-refractivity contribution >= 4 is 17.8 Å². The molecule has 0 radical (unpaired) electrons. The van der Waals surface area contributed by atoms with Crippen molar-refractivity contribution < 1.29 is 14.7 Å². The van der Waals surface area contributed by atoms with E-state index in [0.29, 0.717) is 26.1 Å². The molecule has 28 heavy (non-hydrogen) atoms. The van der Waals surface area contributed by atoms with Crippen molar-refractivity contribution in [3.63, 3.8) is 0 Å². The monoisotopic (exact) mass is 387 g/mol. The molecule has 2 atom stereocenters. The van der Waals surface area contributed by atoms with Gasteiger partial charge in [-0.2, -0.15) is 0 Å². The van der Waals surface area contributed by atoms with Crippen molar-refractivity contribution in [2.45, 2.75) is 25.6 Å². The zero-order valence-corrected chi connectivity index (χ0v) is 16.8. The second kappa shape index (κ2) is 8.70. The summed E-state index contributed by atoms with van der Waals surface area (Å²) in [6.07, 6.45) is 0.113. The zero-order chi connectivity index (χ0) is 20.3. The number of fused-ring (bicyclic) bond motifs is 1. The molecular weight excluding hydrogens is 358 g/mol. The van der Waals surface area contributed by atoms with E-state index in [0.717, 1.165) is 17.9 Å². The van der Waals surface area contributed by atoms with Crippen LogP contribution < -0.4 is 0 Å². The number of carbonyl (C=O) groups is 2. The van der Waals surface area contributed by atoms with Crippen LogP contribution in [-0.2, 0) is 11.2 Å². The molecule has 2 unspecified atom stereocenters. The number of nitrogens with zero attached hydrogens (tertiary/aromatic N) is 5. The number of hydrogen-bond donors (Lipinski definition) is 1. The van der Waals surface area contributed by atoms with Crippen LogP contribution in [0.2, 0.25) is 0 Å². The number of hydrogen-bond acceptors (Lipinski definition) is 6. The molecule has 2 aliphatic heterocycles. The largest absolute Gasteiger partial charge is 0.395 e. The van der Waals surface area contributed by atoms with Gasteiger partial charge in [-0.25, -0.2) is 9.79 Å². The lowest BCUT2D eigenvalue weighted by Crippen LogP contribution is -2.64. The van der Waals surface area contributed by atoms with Crippen molar-refractivity contribution in [2.24, 2.45) is 4.99 Å². The zero-order valence-electron chi connectivity index (χ0n) is 16.8. The van der Waals surface area contributed by atoms with E-state index < -0.39 is 12.2 Å². The summed E-state index contributed by atoms with van der Waals surface area (Å²) in [6, 6.07) is 9.18. The van der Waals surface area contributed by atoms with Crippen molar-refractivity contribution in [1.29, 1.82) is 0 Å². The quantitative estimate of drug-likeness (QED) is 0.702. The van der Waals surface area contributed by atoms with Crippen molar-refractivity contribution in [3.05, 3.63) is 35.9 Å². The molecule has 1 saturated heterocycles. The molecule has 3 rings (SSSR count). The Hall–Kier alpha value is -2.45. The molecule has 2 heterocycles. The van der Waals surface area contributed by atoms with Crippen LogP contribution in [-0.4, -0.2) is 102 Å². The molecule has 8 nitrogen and oxygen atoms in total. The Bertz CT molecular complexity index is 739. The second-order valence-electron chi connectivity index (χ2n) is 7.21. The van der Waals surface area contributed by atoms with Crippen molar-refractivity contribution in [3.8, 4) is 0 Å². The van der Waals surface area contributed by atoms with Crippen molar-refractivity contribution in [1.82, 2.24) is 19.6 Å². The lowest BCUT2D eigenvalue weighted by molar-refractivity contribution is -0.136. The number of amidine groups is 1. The average Bonchev–Trinajstić information content (AvgIpc) is 3.07. The Morgan fingerprint density at radius 2 is 1.86 bits per heavy atom. The molecule has 152 valence electrons.